The fourth-order valence-corrected chi connectivity index (χ4v) is 4.32. The summed E-state index contributed by atoms with van der Waals surface area (Å²) < 4.78 is 55.2. The number of nitrogens with zero attached hydrogens (tertiary/aromatic N) is 4. The maximum atomic E-state index is 13.8. The Hall–Kier alpha value is -3.79. The van der Waals surface area contributed by atoms with Crippen molar-refractivity contribution in [3.8, 4) is 11.3 Å². The van der Waals surface area contributed by atoms with Crippen molar-refractivity contribution in [1.82, 2.24) is 19.5 Å². The molecule has 1 aliphatic rings. The number of likely N-dealkylation sites (tertiary alicyclic amines) is 1. The number of rotatable bonds is 5. The van der Waals surface area contributed by atoms with Gasteiger partial charge in [0.05, 0.1) is 5.69 Å². The first-order valence-corrected chi connectivity index (χ1v) is 11.6. The second-order valence-corrected chi connectivity index (χ2v) is 8.82. The van der Waals surface area contributed by atoms with Crippen molar-refractivity contribution in [2.45, 2.75) is 32.0 Å². The number of carbonyl (C=O) groups excluding carboxylic acids is 1. The minimum Gasteiger partial charge on any atom is -0.321 e. The highest BCUT2D eigenvalue weighted by molar-refractivity contribution is 6.03. The summed E-state index contributed by atoms with van der Waals surface area (Å²) in [6, 6.07) is 14.4. The van der Waals surface area contributed by atoms with Gasteiger partial charge in [-0.2, -0.15) is 18.3 Å². The Morgan fingerprint density at radius 1 is 0.944 bits per heavy atom. The molecule has 1 saturated heterocycles. The third kappa shape index (κ3) is 5.23. The largest absolute Gasteiger partial charge is 0.433 e. The molecule has 1 fully saturated rings. The zero-order chi connectivity index (χ0) is 25.3. The lowest BCUT2D eigenvalue weighted by Crippen LogP contribution is -2.29. The van der Waals surface area contributed by atoms with E-state index in [2.05, 4.69) is 20.3 Å². The van der Waals surface area contributed by atoms with Crippen LogP contribution in [-0.4, -0.2) is 38.5 Å². The first-order chi connectivity index (χ1) is 17.3. The van der Waals surface area contributed by atoms with Crippen LogP contribution in [0.15, 0.2) is 60.7 Å². The molecule has 0 aliphatic carbocycles. The van der Waals surface area contributed by atoms with E-state index in [4.69, 9.17) is 0 Å². The zero-order valence-corrected chi connectivity index (χ0v) is 19.2. The van der Waals surface area contributed by atoms with Crippen molar-refractivity contribution < 1.29 is 22.4 Å². The first-order valence-electron chi connectivity index (χ1n) is 11.6. The molecular formula is C26H23F4N5O. The van der Waals surface area contributed by atoms with Gasteiger partial charge in [-0.3, -0.25) is 9.69 Å². The molecule has 1 aliphatic heterocycles. The summed E-state index contributed by atoms with van der Waals surface area (Å²) in [6.45, 7) is 2.98. The molecule has 36 heavy (non-hydrogen) atoms. The van der Waals surface area contributed by atoms with Crippen LogP contribution < -0.4 is 5.32 Å². The molecule has 5 rings (SSSR count). The second kappa shape index (κ2) is 9.69. The smallest absolute Gasteiger partial charge is 0.321 e. The maximum absolute atomic E-state index is 13.8. The number of nitrogens with one attached hydrogen (secondary N) is 1. The van der Waals surface area contributed by atoms with Crippen molar-refractivity contribution in [3.63, 3.8) is 0 Å². The Morgan fingerprint density at radius 3 is 2.31 bits per heavy atom. The molecule has 2 aromatic carbocycles. The van der Waals surface area contributed by atoms with Crippen molar-refractivity contribution in [1.29, 1.82) is 0 Å². The van der Waals surface area contributed by atoms with Crippen LogP contribution in [0.3, 0.4) is 0 Å². The molecule has 2 aromatic heterocycles. The number of benzene rings is 2. The summed E-state index contributed by atoms with van der Waals surface area (Å²) in [7, 11) is 0. The number of anilines is 1. The molecular weight excluding hydrogens is 474 g/mol. The minimum absolute atomic E-state index is 0.00835. The molecule has 10 heteroatoms. The average Bonchev–Trinajstić information content (AvgIpc) is 3.29. The van der Waals surface area contributed by atoms with Crippen molar-refractivity contribution in [3.05, 3.63) is 83.4 Å². The summed E-state index contributed by atoms with van der Waals surface area (Å²) in [6.07, 6.45) is -1.09. The third-order valence-corrected chi connectivity index (χ3v) is 6.16. The van der Waals surface area contributed by atoms with E-state index in [1.807, 2.05) is 12.1 Å². The minimum atomic E-state index is -4.75. The first kappa shape index (κ1) is 23.9. The summed E-state index contributed by atoms with van der Waals surface area (Å²) in [5.41, 5.74) is 0.485. The van der Waals surface area contributed by atoms with Gasteiger partial charge in [-0.1, -0.05) is 18.6 Å². The Kier molecular flexibility index (Phi) is 6.44. The average molecular weight is 497 g/mol. The lowest BCUT2D eigenvalue weighted by atomic mass is 10.1. The van der Waals surface area contributed by atoms with Crippen LogP contribution in [0, 0.1) is 5.82 Å². The molecule has 186 valence electrons. The topological polar surface area (TPSA) is 62.5 Å². The Bertz CT molecular complexity index is 1370. The molecule has 0 spiro atoms. The van der Waals surface area contributed by atoms with Crippen LogP contribution in [0.2, 0.25) is 0 Å². The zero-order valence-electron chi connectivity index (χ0n) is 19.2. The van der Waals surface area contributed by atoms with E-state index in [0.29, 0.717) is 15.8 Å². The maximum Gasteiger partial charge on any atom is 0.433 e. The molecule has 0 atom stereocenters. The number of fused-ring (bicyclic) bond motifs is 1. The van der Waals surface area contributed by atoms with E-state index >= 15 is 0 Å². The number of amides is 1. The van der Waals surface area contributed by atoms with Gasteiger partial charge >= 0.3 is 6.18 Å². The van der Waals surface area contributed by atoms with Gasteiger partial charge in [0.15, 0.2) is 17.0 Å². The lowest BCUT2D eigenvalue weighted by molar-refractivity contribution is -0.142. The second-order valence-electron chi connectivity index (χ2n) is 8.82. The predicted molar refractivity (Wildman–Crippen MR) is 127 cm³/mol. The van der Waals surface area contributed by atoms with Crippen LogP contribution in [0.1, 0.15) is 41.0 Å². The Balaban J connectivity index is 1.38. The van der Waals surface area contributed by atoms with Gasteiger partial charge in [-0.05, 0) is 74.0 Å². The predicted octanol–water partition coefficient (Wildman–Crippen LogP) is 5.79. The van der Waals surface area contributed by atoms with Crippen LogP contribution in [0.4, 0.5) is 23.2 Å². The molecule has 1 amide bonds. The van der Waals surface area contributed by atoms with Crippen molar-refractivity contribution in [2.24, 2.45) is 0 Å². The van der Waals surface area contributed by atoms with Crippen molar-refractivity contribution >= 4 is 17.2 Å². The van der Waals surface area contributed by atoms with Crippen LogP contribution in [0.25, 0.3) is 16.9 Å². The number of alkyl halides is 3. The molecule has 0 radical (unpaired) electrons. The van der Waals surface area contributed by atoms with E-state index in [9.17, 15) is 22.4 Å². The Morgan fingerprint density at radius 2 is 1.64 bits per heavy atom. The van der Waals surface area contributed by atoms with Crippen molar-refractivity contribution in [2.75, 3.05) is 18.4 Å². The normalized spacial score (nSPS) is 14.8. The van der Waals surface area contributed by atoms with E-state index < -0.39 is 23.6 Å². The van der Waals surface area contributed by atoms with E-state index in [-0.39, 0.29) is 17.0 Å². The number of hydrogen-bond donors (Lipinski definition) is 1. The number of halogens is 4. The summed E-state index contributed by atoms with van der Waals surface area (Å²) in [4.78, 5) is 19.4. The number of aromatic nitrogens is 3. The van der Waals surface area contributed by atoms with Gasteiger partial charge < -0.3 is 5.32 Å². The summed E-state index contributed by atoms with van der Waals surface area (Å²) in [5.74, 6) is -1.17. The quantitative estimate of drug-likeness (QED) is 0.355. The van der Waals surface area contributed by atoms with Gasteiger partial charge in [-0.25, -0.2) is 13.9 Å². The molecule has 1 N–H and O–H groups in total. The van der Waals surface area contributed by atoms with E-state index in [1.54, 1.807) is 12.1 Å². The molecule has 6 nitrogen and oxygen atoms in total. The molecule has 0 saturated carbocycles. The fraction of sp³-hybridized carbons (Fsp3) is 0.269. The Labute approximate surface area is 204 Å². The highest BCUT2D eigenvalue weighted by atomic mass is 19.4. The lowest BCUT2D eigenvalue weighted by Gasteiger charge is -2.26. The van der Waals surface area contributed by atoms with Gasteiger partial charge in [-0.15, -0.1) is 0 Å². The summed E-state index contributed by atoms with van der Waals surface area (Å²) >= 11 is 0. The van der Waals surface area contributed by atoms with Crippen LogP contribution in [-0.2, 0) is 12.7 Å². The monoisotopic (exact) mass is 497 g/mol. The van der Waals surface area contributed by atoms with E-state index in [1.165, 1.54) is 37.5 Å². The van der Waals surface area contributed by atoms with E-state index in [0.717, 1.165) is 43.4 Å². The molecule has 4 aromatic rings. The number of piperidine rings is 1. The SMILES string of the molecule is O=C(Nc1ccc(CN2CCCCC2)cc1)c1cc2nc(-c3ccc(F)cc3)cc(C(F)(F)F)n2n1. The number of carbonyl (C=O) groups is 1. The molecule has 3 heterocycles. The highest BCUT2D eigenvalue weighted by Gasteiger charge is 2.35. The van der Waals surface area contributed by atoms with Gasteiger partial charge in [0.1, 0.15) is 5.82 Å². The summed E-state index contributed by atoms with van der Waals surface area (Å²) in [5, 5.41) is 6.56. The fourth-order valence-electron chi connectivity index (χ4n) is 4.32. The van der Waals surface area contributed by atoms with Gasteiger partial charge in [0.25, 0.3) is 5.91 Å². The van der Waals surface area contributed by atoms with Crippen LogP contribution in [0.5, 0.6) is 0 Å². The van der Waals surface area contributed by atoms with Gasteiger partial charge in [0.2, 0.25) is 0 Å². The third-order valence-electron chi connectivity index (χ3n) is 6.16. The molecule has 0 unspecified atom stereocenters. The highest BCUT2D eigenvalue weighted by Crippen LogP contribution is 2.32. The molecule has 0 bridgehead atoms. The van der Waals surface area contributed by atoms with Gasteiger partial charge in [0, 0.05) is 23.9 Å². The van der Waals surface area contributed by atoms with Crippen LogP contribution >= 0.6 is 0 Å². The number of hydrogen-bond acceptors (Lipinski definition) is 4. The standard InChI is InChI=1S/C26H23F4N5O/c27-19-8-6-18(7-9-19)21-14-23(26(28,29)30)35-24(32-21)15-22(33-35)25(36)31-20-10-4-17(5-11-20)16-34-12-2-1-3-13-34/h4-11,14-15H,1-3,12-13,16H2,(H,31,36).